The summed E-state index contributed by atoms with van der Waals surface area (Å²) in [4.78, 5) is 14.8. The van der Waals surface area contributed by atoms with E-state index in [-0.39, 0.29) is 11.7 Å². The summed E-state index contributed by atoms with van der Waals surface area (Å²) < 4.78 is 7.57. The molecule has 1 amide bonds. The molecule has 0 bridgehead atoms. The quantitative estimate of drug-likeness (QED) is 0.676. The van der Waals surface area contributed by atoms with Gasteiger partial charge in [0.05, 0.1) is 24.6 Å². The van der Waals surface area contributed by atoms with Gasteiger partial charge in [0.2, 0.25) is 11.9 Å². The van der Waals surface area contributed by atoms with Gasteiger partial charge in [-0.1, -0.05) is 18.7 Å². The number of carbonyl (C=O) groups excluding carboxylic acids is 1. The normalized spacial score (nSPS) is 19.0. The summed E-state index contributed by atoms with van der Waals surface area (Å²) in [7, 11) is 0. The number of anilines is 1. The fraction of sp³-hybridized carbons (Fsp3) is 0.619. The molecule has 2 aliphatic rings. The first-order chi connectivity index (χ1) is 14.6. The highest BCUT2D eigenvalue weighted by atomic mass is 32.2. The second kappa shape index (κ2) is 9.13. The number of rotatable bonds is 7. The van der Waals surface area contributed by atoms with Crippen molar-refractivity contribution in [3.63, 3.8) is 0 Å². The first-order valence-electron chi connectivity index (χ1n) is 10.6. The highest BCUT2D eigenvalue weighted by Gasteiger charge is 2.35. The fourth-order valence-corrected chi connectivity index (χ4v) is 4.94. The molecule has 1 N–H and O–H groups in total. The predicted octanol–water partition coefficient (Wildman–Crippen LogP) is 3.20. The van der Waals surface area contributed by atoms with E-state index in [0.29, 0.717) is 11.7 Å². The Morgan fingerprint density at radius 2 is 2.13 bits per heavy atom. The Labute approximate surface area is 181 Å². The SMILES string of the molecule is CC1CCN(c2nnc(SCC(=O)NC3(C#N)CCCC3)n2Cc2ccco2)CC1. The Balaban J connectivity index is 1.46. The van der Waals surface area contributed by atoms with E-state index in [0.717, 1.165) is 69.2 Å². The van der Waals surface area contributed by atoms with Crippen molar-refractivity contribution in [1.29, 1.82) is 5.26 Å². The Bertz CT molecular complexity index is 889. The number of piperidine rings is 1. The molecule has 3 heterocycles. The standard InChI is InChI=1S/C21H28N6O2S/c1-16-6-10-26(11-7-16)19-24-25-20(27(19)13-17-5-4-12-29-17)30-14-18(28)23-21(15-22)8-2-3-9-21/h4-5,12,16H,2-3,6-11,13-14H2,1H3,(H,23,28). The zero-order chi connectivity index (χ0) is 21.0. The van der Waals surface area contributed by atoms with Crippen LogP contribution < -0.4 is 10.2 Å². The van der Waals surface area contributed by atoms with Crippen LogP contribution in [0.2, 0.25) is 0 Å². The van der Waals surface area contributed by atoms with Gasteiger partial charge in [0.1, 0.15) is 11.3 Å². The Morgan fingerprint density at radius 1 is 1.37 bits per heavy atom. The number of amides is 1. The number of nitrogens with zero attached hydrogens (tertiary/aromatic N) is 5. The van der Waals surface area contributed by atoms with Crippen LogP contribution in [-0.2, 0) is 11.3 Å². The Hall–Kier alpha value is -2.47. The molecule has 1 saturated carbocycles. The van der Waals surface area contributed by atoms with E-state index >= 15 is 0 Å². The van der Waals surface area contributed by atoms with Crippen molar-refractivity contribution in [2.45, 2.75) is 62.7 Å². The molecule has 0 atom stereocenters. The molecule has 4 rings (SSSR count). The number of nitrogens with one attached hydrogen (secondary N) is 1. The van der Waals surface area contributed by atoms with Crippen LogP contribution in [0.1, 0.15) is 51.2 Å². The smallest absolute Gasteiger partial charge is 0.231 e. The molecule has 9 heteroatoms. The number of hydrogen-bond acceptors (Lipinski definition) is 7. The van der Waals surface area contributed by atoms with Gasteiger partial charge in [-0.05, 0) is 56.6 Å². The van der Waals surface area contributed by atoms with Crippen LogP contribution >= 0.6 is 11.8 Å². The van der Waals surface area contributed by atoms with Gasteiger partial charge in [0.15, 0.2) is 5.16 Å². The molecule has 2 aromatic rings. The average Bonchev–Trinajstić information content (AvgIpc) is 3.50. The van der Waals surface area contributed by atoms with E-state index in [1.165, 1.54) is 11.8 Å². The summed E-state index contributed by atoms with van der Waals surface area (Å²) in [6, 6.07) is 6.10. The van der Waals surface area contributed by atoms with E-state index in [4.69, 9.17) is 4.42 Å². The largest absolute Gasteiger partial charge is 0.467 e. The molecule has 2 aromatic heterocycles. The molecule has 0 aromatic carbocycles. The maximum atomic E-state index is 12.5. The third kappa shape index (κ3) is 4.64. The predicted molar refractivity (Wildman–Crippen MR) is 114 cm³/mol. The van der Waals surface area contributed by atoms with Gasteiger partial charge in [-0.25, -0.2) is 0 Å². The number of thioether (sulfide) groups is 1. The molecule has 160 valence electrons. The number of nitriles is 1. The molecule has 1 aliphatic carbocycles. The van der Waals surface area contributed by atoms with Crippen LogP contribution in [-0.4, -0.2) is 45.1 Å². The van der Waals surface area contributed by atoms with Gasteiger partial charge in [-0.2, -0.15) is 5.26 Å². The lowest BCUT2D eigenvalue weighted by molar-refractivity contribution is -0.119. The van der Waals surface area contributed by atoms with Crippen LogP contribution in [0.15, 0.2) is 28.0 Å². The molecular formula is C21H28N6O2S. The number of carbonyl (C=O) groups is 1. The van der Waals surface area contributed by atoms with Crippen molar-refractivity contribution in [2.75, 3.05) is 23.7 Å². The van der Waals surface area contributed by atoms with Crippen molar-refractivity contribution in [3.8, 4) is 6.07 Å². The van der Waals surface area contributed by atoms with Gasteiger partial charge < -0.3 is 14.6 Å². The first kappa shape index (κ1) is 20.8. The van der Waals surface area contributed by atoms with Crippen LogP contribution in [0.3, 0.4) is 0 Å². The Morgan fingerprint density at radius 3 is 2.80 bits per heavy atom. The lowest BCUT2D eigenvalue weighted by Crippen LogP contribution is -2.45. The second-order valence-corrected chi connectivity index (χ2v) is 9.30. The van der Waals surface area contributed by atoms with Crippen molar-refractivity contribution < 1.29 is 9.21 Å². The number of furan rings is 1. The average molecular weight is 429 g/mol. The minimum absolute atomic E-state index is 0.135. The molecule has 30 heavy (non-hydrogen) atoms. The molecule has 0 radical (unpaired) electrons. The van der Waals surface area contributed by atoms with Gasteiger partial charge in [-0.15, -0.1) is 10.2 Å². The van der Waals surface area contributed by atoms with E-state index in [9.17, 15) is 10.1 Å². The van der Waals surface area contributed by atoms with Crippen molar-refractivity contribution in [3.05, 3.63) is 24.2 Å². The number of aromatic nitrogens is 3. The van der Waals surface area contributed by atoms with E-state index in [1.807, 2.05) is 16.7 Å². The van der Waals surface area contributed by atoms with Gasteiger partial charge >= 0.3 is 0 Å². The highest BCUT2D eigenvalue weighted by molar-refractivity contribution is 7.99. The maximum absolute atomic E-state index is 12.5. The zero-order valence-electron chi connectivity index (χ0n) is 17.3. The molecular weight excluding hydrogens is 400 g/mol. The molecule has 0 unspecified atom stereocenters. The van der Waals surface area contributed by atoms with Gasteiger partial charge in [0.25, 0.3) is 0 Å². The monoisotopic (exact) mass is 428 g/mol. The van der Waals surface area contributed by atoms with Crippen molar-refractivity contribution >= 4 is 23.6 Å². The fourth-order valence-electron chi connectivity index (χ4n) is 4.20. The summed E-state index contributed by atoms with van der Waals surface area (Å²) in [6.07, 6.45) is 7.35. The lowest BCUT2D eigenvalue weighted by atomic mass is 10.00. The molecule has 8 nitrogen and oxygen atoms in total. The maximum Gasteiger partial charge on any atom is 0.231 e. The van der Waals surface area contributed by atoms with E-state index in [2.05, 4.69) is 33.4 Å². The topological polar surface area (TPSA) is 100.0 Å². The number of hydrogen-bond donors (Lipinski definition) is 1. The molecule has 1 saturated heterocycles. The van der Waals surface area contributed by atoms with Gasteiger partial charge in [-0.3, -0.25) is 9.36 Å². The third-order valence-electron chi connectivity index (χ3n) is 6.04. The molecule has 2 fully saturated rings. The van der Waals surface area contributed by atoms with Crippen LogP contribution in [0.25, 0.3) is 0 Å². The molecule has 0 spiro atoms. The first-order valence-corrected chi connectivity index (χ1v) is 11.6. The third-order valence-corrected chi connectivity index (χ3v) is 7.01. The van der Waals surface area contributed by atoms with Crippen LogP contribution in [0.5, 0.6) is 0 Å². The van der Waals surface area contributed by atoms with Crippen LogP contribution in [0.4, 0.5) is 5.95 Å². The second-order valence-electron chi connectivity index (χ2n) is 8.36. The molecule has 1 aliphatic heterocycles. The summed E-state index contributed by atoms with van der Waals surface area (Å²) in [5.74, 6) is 2.44. The van der Waals surface area contributed by atoms with Crippen molar-refractivity contribution in [1.82, 2.24) is 20.1 Å². The minimum Gasteiger partial charge on any atom is -0.467 e. The highest BCUT2D eigenvalue weighted by Crippen LogP contribution is 2.30. The van der Waals surface area contributed by atoms with E-state index < -0.39 is 5.54 Å². The zero-order valence-corrected chi connectivity index (χ0v) is 18.2. The lowest BCUT2D eigenvalue weighted by Gasteiger charge is -2.31. The summed E-state index contributed by atoms with van der Waals surface area (Å²) in [5.41, 5.74) is -0.699. The van der Waals surface area contributed by atoms with Crippen molar-refractivity contribution in [2.24, 2.45) is 5.92 Å². The van der Waals surface area contributed by atoms with E-state index in [1.54, 1.807) is 6.26 Å². The Kier molecular flexibility index (Phi) is 6.32. The summed E-state index contributed by atoms with van der Waals surface area (Å²) in [6.45, 7) is 4.71. The van der Waals surface area contributed by atoms with Crippen LogP contribution in [0, 0.1) is 17.2 Å². The minimum atomic E-state index is -0.699. The van der Waals surface area contributed by atoms with Gasteiger partial charge in [0, 0.05) is 13.1 Å². The summed E-state index contributed by atoms with van der Waals surface area (Å²) in [5, 5.41) is 22.0. The summed E-state index contributed by atoms with van der Waals surface area (Å²) >= 11 is 1.35.